The summed E-state index contributed by atoms with van der Waals surface area (Å²) >= 11 is 0. The van der Waals surface area contributed by atoms with Crippen molar-refractivity contribution in [1.29, 1.82) is 0 Å². The molecule has 0 spiro atoms. The molecule has 3 heteroatoms. The molecule has 0 aromatic carbocycles. The Hall–Kier alpha value is -1.48. The number of aryl methyl sites for hydroxylation is 1. The van der Waals surface area contributed by atoms with Crippen molar-refractivity contribution in [3.8, 4) is 0 Å². The molecule has 2 rings (SSSR count). The van der Waals surface area contributed by atoms with Gasteiger partial charge >= 0.3 is 0 Å². The molecule has 0 fully saturated rings. The van der Waals surface area contributed by atoms with Crippen LogP contribution in [0, 0.1) is 6.92 Å². The number of pyridine rings is 2. The van der Waals surface area contributed by atoms with Gasteiger partial charge < -0.3 is 5.73 Å². The largest absolute Gasteiger partial charge is 0.326 e. The zero-order valence-corrected chi connectivity index (χ0v) is 7.49. The Labute approximate surface area is 76.6 Å². The van der Waals surface area contributed by atoms with Crippen LogP contribution in [0.4, 0.5) is 0 Å². The summed E-state index contributed by atoms with van der Waals surface area (Å²) in [5, 5.41) is 1.05. The normalized spacial score (nSPS) is 10.6. The highest BCUT2D eigenvalue weighted by Crippen LogP contribution is 2.13. The molecule has 2 aromatic rings. The van der Waals surface area contributed by atoms with E-state index in [1.54, 1.807) is 6.20 Å². The molecule has 0 amide bonds. The van der Waals surface area contributed by atoms with Gasteiger partial charge in [-0.2, -0.15) is 0 Å². The molecule has 66 valence electrons. The first-order valence-electron chi connectivity index (χ1n) is 4.22. The number of nitrogens with zero attached hydrogens (tertiary/aromatic N) is 2. The first-order valence-corrected chi connectivity index (χ1v) is 4.22. The quantitative estimate of drug-likeness (QED) is 0.709. The van der Waals surface area contributed by atoms with Gasteiger partial charge in [-0.15, -0.1) is 0 Å². The van der Waals surface area contributed by atoms with E-state index in [4.69, 9.17) is 5.73 Å². The van der Waals surface area contributed by atoms with E-state index in [1.165, 1.54) is 0 Å². The third-order valence-corrected chi connectivity index (χ3v) is 2.10. The van der Waals surface area contributed by atoms with Crippen LogP contribution in [0.2, 0.25) is 0 Å². The van der Waals surface area contributed by atoms with Crippen LogP contribution in [0.3, 0.4) is 0 Å². The molecule has 3 nitrogen and oxygen atoms in total. The molecule has 13 heavy (non-hydrogen) atoms. The van der Waals surface area contributed by atoms with Crippen molar-refractivity contribution in [3.63, 3.8) is 0 Å². The number of hydrogen-bond donors (Lipinski definition) is 1. The molecule has 0 aliphatic carbocycles. The van der Waals surface area contributed by atoms with Crippen molar-refractivity contribution in [2.45, 2.75) is 13.5 Å². The van der Waals surface area contributed by atoms with Crippen molar-refractivity contribution >= 4 is 11.0 Å². The molecule has 2 aromatic heterocycles. The van der Waals surface area contributed by atoms with E-state index in [2.05, 4.69) is 9.97 Å². The van der Waals surface area contributed by atoms with E-state index in [0.717, 1.165) is 22.3 Å². The fourth-order valence-corrected chi connectivity index (χ4v) is 1.34. The lowest BCUT2D eigenvalue weighted by Crippen LogP contribution is -2.01. The molecular weight excluding hydrogens is 162 g/mol. The van der Waals surface area contributed by atoms with Crippen LogP contribution < -0.4 is 5.73 Å². The SMILES string of the molecule is Cc1nc2ncccc2cc1CN. The van der Waals surface area contributed by atoms with Crippen molar-refractivity contribution in [2.75, 3.05) is 0 Å². The van der Waals surface area contributed by atoms with Crippen molar-refractivity contribution in [1.82, 2.24) is 9.97 Å². The summed E-state index contributed by atoms with van der Waals surface area (Å²) in [5.41, 5.74) is 8.42. The molecule has 0 aliphatic heterocycles. The van der Waals surface area contributed by atoms with E-state index in [1.807, 2.05) is 25.1 Å². The second-order valence-electron chi connectivity index (χ2n) is 2.99. The summed E-state index contributed by atoms with van der Waals surface area (Å²) in [6.07, 6.45) is 1.75. The maximum Gasteiger partial charge on any atom is 0.159 e. The zero-order valence-electron chi connectivity index (χ0n) is 7.49. The molecule has 0 radical (unpaired) electrons. The highest BCUT2D eigenvalue weighted by Gasteiger charge is 2.00. The van der Waals surface area contributed by atoms with Gasteiger partial charge in [-0.1, -0.05) is 0 Å². The maximum absolute atomic E-state index is 5.58. The summed E-state index contributed by atoms with van der Waals surface area (Å²) in [5.74, 6) is 0. The van der Waals surface area contributed by atoms with Crippen molar-refractivity contribution < 1.29 is 0 Å². The standard InChI is InChI=1S/C10H11N3/c1-7-9(6-11)5-8-3-2-4-12-10(8)13-7/h2-5H,6,11H2,1H3. The lowest BCUT2D eigenvalue weighted by molar-refractivity contribution is 1.02. The summed E-state index contributed by atoms with van der Waals surface area (Å²) in [4.78, 5) is 8.52. The summed E-state index contributed by atoms with van der Waals surface area (Å²) in [6.45, 7) is 2.49. The van der Waals surface area contributed by atoms with Gasteiger partial charge in [0.15, 0.2) is 5.65 Å². The van der Waals surface area contributed by atoms with Crippen molar-refractivity contribution in [2.24, 2.45) is 5.73 Å². The van der Waals surface area contributed by atoms with Crippen LogP contribution >= 0.6 is 0 Å². The van der Waals surface area contributed by atoms with Crippen LogP contribution in [0.1, 0.15) is 11.3 Å². The second kappa shape index (κ2) is 3.11. The third kappa shape index (κ3) is 1.38. The number of rotatable bonds is 1. The van der Waals surface area contributed by atoms with Gasteiger partial charge in [0.05, 0.1) is 0 Å². The number of hydrogen-bond acceptors (Lipinski definition) is 3. The zero-order chi connectivity index (χ0) is 9.26. The predicted molar refractivity (Wildman–Crippen MR) is 52.2 cm³/mol. The van der Waals surface area contributed by atoms with Gasteiger partial charge in [0, 0.05) is 23.8 Å². The molecule has 2 heterocycles. The second-order valence-corrected chi connectivity index (χ2v) is 2.99. The van der Waals surface area contributed by atoms with E-state index < -0.39 is 0 Å². The van der Waals surface area contributed by atoms with Crippen LogP contribution in [0.25, 0.3) is 11.0 Å². The number of aromatic nitrogens is 2. The Balaban J connectivity index is 2.74. The average molecular weight is 173 g/mol. The minimum atomic E-state index is 0.531. The van der Waals surface area contributed by atoms with Crippen LogP contribution in [-0.4, -0.2) is 9.97 Å². The van der Waals surface area contributed by atoms with Gasteiger partial charge in [0.1, 0.15) is 0 Å². The molecule has 0 saturated heterocycles. The van der Waals surface area contributed by atoms with Gasteiger partial charge in [0.2, 0.25) is 0 Å². The average Bonchev–Trinajstić information content (AvgIpc) is 2.17. The fraction of sp³-hybridized carbons (Fsp3) is 0.200. The van der Waals surface area contributed by atoms with Gasteiger partial charge in [-0.25, -0.2) is 9.97 Å². The highest BCUT2D eigenvalue weighted by molar-refractivity contribution is 5.75. The number of fused-ring (bicyclic) bond motifs is 1. The van der Waals surface area contributed by atoms with Gasteiger partial charge in [-0.05, 0) is 30.7 Å². The van der Waals surface area contributed by atoms with Gasteiger partial charge in [-0.3, -0.25) is 0 Å². The molecule has 0 atom stereocenters. The Morgan fingerprint density at radius 3 is 3.08 bits per heavy atom. The Bertz CT molecular complexity index is 437. The van der Waals surface area contributed by atoms with Crippen LogP contribution in [-0.2, 0) is 6.54 Å². The molecule has 0 aliphatic rings. The van der Waals surface area contributed by atoms with Crippen molar-refractivity contribution in [3.05, 3.63) is 35.7 Å². The summed E-state index contributed by atoms with van der Waals surface area (Å²) < 4.78 is 0. The monoisotopic (exact) mass is 173 g/mol. The minimum Gasteiger partial charge on any atom is -0.326 e. The topological polar surface area (TPSA) is 51.8 Å². The lowest BCUT2D eigenvalue weighted by Gasteiger charge is -2.03. The first kappa shape index (κ1) is 8.13. The van der Waals surface area contributed by atoms with E-state index in [-0.39, 0.29) is 0 Å². The highest BCUT2D eigenvalue weighted by atomic mass is 14.8. The Kier molecular flexibility index (Phi) is 1.94. The minimum absolute atomic E-state index is 0.531. The Morgan fingerprint density at radius 2 is 2.31 bits per heavy atom. The molecule has 0 unspecified atom stereocenters. The van der Waals surface area contributed by atoms with Gasteiger partial charge in [0.25, 0.3) is 0 Å². The molecule has 0 bridgehead atoms. The maximum atomic E-state index is 5.58. The summed E-state index contributed by atoms with van der Waals surface area (Å²) in [7, 11) is 0. The summed E-state index contributed by atoms with van der Waals surface area (Å²) in [6, 6.07) is 5.94. The van der Waals surface area contributed by atoms with E-state index in [0.29, 0.717) is 6.54 Å². The van der Waals surface area contributed by atoms with Crippen LogP contribution in [0.5, 0.6) is 0 Å². The fourth-order valence-electron chi connectivity index (χ4n) is 1.34. The smallest absolute Gasteiger partial charge is 0.159 e. The lowest BCUT2D eigenvalue weighted by atomic mass is 10.1. The Morgan fingerprint density at radius 1 is 1.46 bits per heavy atom. The molecule has 0 saturated carbocycles. The van der Waals surface area contributed by atoms with Crippen LogP contribution in [0.15, 0.2) is 24.4 Å². The third-order valence-electron chi connectivity index (χ3n) is 2.10. The van der Waals surface area contributed by atoms with E-state index in [9.17, 15) is 0 Å². The molecular formula is C10H11N3. The molecule has 2 N–H and O–H groups in total. The van der Waals surface area contributed by atoms with E-state index >= 15 is 0 Å². The first-order chi connectivity index (χ1) is 6.31. The predicted octanol–water partition coefficient (Wildman–Crippen LogP) is 1.40. The number of nitrogens with two attached hydrogens (primary N) is 1.